The van der Waals surface area contributed by atoms with E-state index >= 15 is 0 Å². The number of esters is 1. The fraction of sp³-hybridized carbons (Fsp3) is 0.286. The zero-order valence-electron chi connectivity index (χ0n) is 24.8. The van der Waals surface area contributed by atoms with E-state index in [0.29, 0.717) is 43.1 Å². The molecule has 4 rings (SSSR count). The summed E-state index contributed by atoms with van der Waals surface area (Å²) in [5.41, 5.74) is 7.47. The minimum atomic E-state index is -0.422. The van der Waals surface area contributed by atoms with Crippen molar-refractivity contribution in [3.8, 4) is 22.3 Å². The van der Waals surface area contributed by atoms with Gasteiger partial charge in [-0.3, -0.25) is 0 Å². The van der Waals surface area contributed by atoms with Gasteiger partial charge in [-0.25, -0.2) is 13.6 Å². The van der Waals surface area contributed by atoms with Gasteiger partial charge in [-0.2, -0.15) is 0 Å². The molecule has 0 fully saturated rings. The molecule has 5 nitrogen and oxygen atoms in total. The average molecular weight is 577 g/mol. The predicted molar refractivity (Wildman–Crippen MR) is 161 cm³/mol. The van der Waals surface area contributed by atoms with Gasteiger partial charge in [-0.15, -0.1) is 0 Å². The Morgan fingerprint density at radius 3 is 1.67 bits per heavy atom. The second-order valence-electron chi connectivity index (χ2n) is 9.75. The van der Waals surface area contributed by atoms with Gasteiger partial charge in [0.15, 0.2) is 0 Å². The van der Waals surface area contributed by atoms with Crippen LogP contribution in [0.3, 0.4) is 0 Å². The molecular weight excluding hydrogens is 538 g/mol. The number of aryl methyl sites for hydroxylation is 2. The summed E-state index contributed by atoms with van der Waals surface area (Å²) in [5.74, 6) is -0.965. The van der Waals surface area contributed by atoms with E-state index < -0.39 is 5.97 Å². The first-order chi connectivity index (χ1) is 20.2. The van der Waals surface area contributed by atoms with E-state index in [0.717, 1.165) is 38.9 Å². The molecule has 0 atom stereocenters. The first-order valence-corrected chi connectivity index (χ1v) is 13.8. The number of rotatable bonds is 10. The SMILES string of the molecule is CCOCc1cc(C(=O)OC)ccc1-c1cc(C)ccc1F.CCOCc1cc(CO)ccc1-c1cc(C)ccc1F. The number of hydrogen-bond acceptors (Lipinski definition) is 5. The molecule has 222 valence electrons. The molecule has 4 aromatic carbocycles. The molecular formula is C35H38F2O5. The Hall–Kier alpha value is -3.91. The maximum Gasteiger partial charge on any atom is 0.337 e. The molecule has 0 aliphatic heterocycles. The molecule has 0 spiro atoms. The molecule has 0 bridgehead atoms. The number of carbonyl (C=O) groups excluding carboxylic acids is 1. The third kappa shape index (κ3) is 8.55. The molecule has 4 aromatic rings. The molecule has 0 saturated carbocycles. The van der Waals surface area contributed by atoms with Crippen molar-refractivity contribution in [3.63, 3.8) is 0 Å². The van der Waals surface area contributed by atoms with Gasteiger partial charge in [0.05, 0.1) is 32.5 Å². The van der Waals surface area contributed by atoms with Crippen LogP contribution in [0.25, 0.3) is 22.3 Å². The Balaban J connectivity index is 0.000000231. The van der Waals surface area contributed by atoms with Gasteiger partial charge in [0.1, 0.15) is 11.6 Å². The number of methoxy groups -OCH3 is 1. The summed E-state index contributed by atoms with van der Waals surface area (Å²) in [5, 5.41) is 9.23. The second-order valence-corrected chi connectivity index (χ2v) is 9.75. The van der Waals surface area contributed by atoms with Gasteiger partial charge >= 0.3 is 5.97 Å². The molecule has 0 unspecified atom stereocenters. The van der Waals surface area contributed by atoms with Crippen LogP contribution in [0.2, 0.25) is 0 Å². The van der Waals surface area contributed by atoms with Gasteiger partial charge in [-0.05, 0) is 91.9 Å². The van der Waals surface area contributed by atoms with Crippen LogP contribution in [0.15, 0.2) is 72.8 Å². The topological polar surface area (TPSA) is 65.0 Å². The van der Waals surface area contributed by atoms with E-state index in [-0.39, 0.29) is 18.2 Å². The highest BCUT2D eigenvalue weighted by atomic mass is 19.1. The van der Waals surface area contributed by atoms with Crippen LogP contribution < -0.4 is 0 Å². The summed E-state index contributed by atoms with van der Waals surface area (Å²) < 4.78 is 43.8. The lowest BCUT2D eigenvalue weighted by Crippen LogP contribution is -2.04. The van der Waals surface area contributed by atoms with Crippen LogP contribution in [0.1, 0.15) is 52.0 Å². The molecule has 7 heteroatoms. The number of aliphatic hydroxyl groups excluding tert-OH is 1. The molecule has 0 aliphatic rings. The van der Waals surface area contributed by atoms with E-state index in [9.17, 15) is 18.7 Å². The summed E-state index contributed by atoms with van der Waals surface area (Å²) in [6, 6.07) is 20.6. The number of halogens is 2. The highest BCUT2D eigenvalue weighted by molar-refractivity contribution is 5.90. The Morgan fingerprint density at radius 2 is 1.19 bits per heavy atom. The maximum absolute atomic E-state index is 14.2. The monoisotopic (exact) mass is 576 g/mol. The van der Waals surface area contributed by atoms with Gasteiger partial charge in [0.25, 0.3) is 0 Å². The summed E-state index contributed by atoms with van der Waals surface area (Å²) in [7, 11) is 1.33. The van der Waals surface area contributed by atoms with Crippen LogP contribution in [0, 0.1) is 25.5 Å². The smallest absolute Gasteiger partial charge is 0.337 e. The Labute approximate surface area is 246 Å². The Kier molecular flexibility index (Phi) is 12.4. The van der Waals surface area contributed by atoms with Crippen molar-refractivity contribution in [2.45, 2.75) is 47.5 Å². The van der Waals surface area contributed by atoms with Crippen molar-refractivity contribution < 1.29 is 32.9 Å². The minimum Gasteiger partial charge on any atom is -0.465 e. The number of carbonyl (C=O) groups is 1. The number of benzene rings is 4. The summed E-state index contributed by atoms with van der Waals surface area (Å²) in [6.07, 6.45) is 0. The fourth-order valence-electron chi connectivity index (χ4n) is 4.46. The lowest BCUT2D eigenvalue weighted by molar-refractivity contribution is 0.0600. The van der Waals surface area contributed by atoms with Crippen molar-refractivity contribution in [2.75, 3.05) is 20.3 Å². The minimum absolute atomic E-state index is 0.0320. The summed E-state index contributed by atoms with van der Waals surface area (Å²) >= 11 is 0. The Bertz CT molecular complexity index is 1500. The number of hydrogen-bond donors (Lipinski definition) is 1. The van der Waals surface area contributed by atoms with Crippen molar-refractivity contribution in [3.05, 3.63) is 118 Å². The van der Waals surface area contributed by atoms with Gasteiger partial charge in [0.2, 0.25) is 0 Å². The van der Waals surface area contributed by atoms with Crippen LogP contribution >= 0.6 is 0 Å². The first-order valence-electron chi connectivity index (χ1n) is 13.8. The highest BCUT2D eigenvalue weighted by Gasteiger charge is 2.15. The van der Waals surface area contributed by atoms with Crippen LogP contribution in [-0.2, 0) is 34.0 Å². The predicted octanol–water partition coefficient (Wildman–Crippen LogP) is 7.95. The van der Waals surface area contributed by atoms with E-state index in [1.54, 1.807) is 36.4 Å². The van der Waals surface area contributed by atoms with Crippen molar-refractivity contribution >= 4 is 5.97 Å². The van der Waals surface area contributed by atoms with Crippen molar-refractivity contribution in [2.24, 2.45) is 0 Å². The van der Waals surface area contributed by atoms with E-state index in [1.165, 1.54) is 19.2 Å². The second kappa shape index (κ2) is 15.9. The molecule has 0 saturated heterocycles. The van der Waals surface area contributed by atoms with Gasteiger partial charge in [0, 0.05) is 24.3 Å². The van der Waals surface area contributed by atoms with Crippen LogP contribution in [0.5, 0.6) is 0 Å². The molecule has 42 heavy (non-hydrogen) atoms. The quantitative estimate of drug-likeness (QED) is 0.194. The third-order valence-electron chi connectivity index (χ3n) is 6.63. The summed E-state index contributed by atoms with van der Waals surface area (Å²) in [4.78, 5) is 11.7. The number of ether oxygens (including phenoxy) is 3. The molecule has 1 N–H and O–H groups in total. The van der Waals surface area contributed by atoms with Gasteiger partial charge in [-0.1, -0.05) is 47.5 Å². The summed E-state index contributed by atoms with van der Waals surface area (Å²) in [6.45, 7) is 9.48. The molecule has 0 heterocycles. The first kappa shape index (κ1) is 32.6. The third-order valence-corrected chi connectivity index (χ3v) is 6.63. The fourth-order valence-corrected chi connectivity index (χ4v) is 4.46. The average Bonchev–Trinajstić information content (AvgIpc) is 3.01. The number of aliphatic hydroxyl groups is 1. The zero-order chi connectivity index (χ0) is 30.6. The van der Waals surface area contributed by atoms with Crippen LogP contribution in [0.4, 0.5) is 8.78 Å². The zero-order valence-corrected chi connectivity index (χ0v) is 24.8. The maximum atomic E-state index is 14.2. The van der Waals surface area contributed by atoms with Crippen molar-refractivity contribution in [1.82, 2.24) is 0 Å². The standard InChI is InChI=1S/C18H19FO3.C17H19FO2/c1-4-22-11-14-10-13(18(20)21-3)6-7-15(14)16-9-12(2)5-8-17(16)19;1-3-20-11-14-9-13(10-19)5-6-15(14)16-8-12(2)4-7-17(16)18/h5-10H,4,11H2,1-3H3;4-9,19H,3,10-11H2,1-2H3. The normalized spacial score (nSPS) is 10.7. The van der Waals surface area contributed by atoms with Gasteiger partial charge < -0.3 is 19.3 Å². The van der Waals surface area contributed by atoms with Crippen LogP contribution in [-0.4, -0.2) is 31.4 Å². The van der Waals surface area contributed by atoms with E-state index in [4.69, 9.17) is 14.2 Å². The highest BCUT2D eigenvalue weighted by Crippen LogP contribution is 2.30. The van der Waals surface area contributed by atoms with E-state index in [1.807, 2.05) is 52.0 Å². The largest absolute Gasteiger partial charge is 0.465 e. The van der Waals surface area contributed by atoms with E-state index in [2.05, 4.69) is 0 Å². The lowest BCUT2D eigenvalue weighted by atomic mass is 9.96. The molecule has 0 radical (unpaired) electrons. The lowest BCUT2D eigenvalue weighted by Gasteiger charge is -2.13. The Morgan fingerprint density at radius 1 is 0.690 bits per heavy atom. The molecule has 0 aromatic heterocycles. The molecule has 0 amide bonds. The van der Waals surface area contributed by atoms with Crippen molar-refractivity contribution in [1.29, 1.82) is 0 Å². The molecule has 0 aliphatic carbocycles.